The Balaban J connectivity index is 2.60. The molecule has 0 unspecified atom stereocenters. The largest absolute Gasteiger partial charge is 0.396 e. The quantitative estimate of drug-likeness (QED) is 0.780. The predicted molar refractivity (Wildman–Crippen MR) is 58.1 cm³/mol. The number of halogens is 1. The van der Waals surface area contributed by atoms with E-state index in [0.29, 0.717) is 10.7 Å². The molecule has 14 heavy (non-hydrogen) atoms. The molecule has 1 heterocycles. The van der Waals surface area contributed by atoms with Crippen LogP contribution >= 0.6 is 11.6 Å². The standard InChI is InChI=1S/C10H10ClN3/c1-14-6-9(12)10(13-14)7-4-2-3-5-8(7)11/h2-6H,12H2,1H3. The van der Waals surface area contributed by atoms with E-state index < -0.39 is 0 Å². The van der Waals surface area contributed by atoms with Crippen molar-refractivity contribution < 1.29 is 0 Å². The number of nitrogens with zero attached hydrogens (tertiary/aromatic N) is 2. The molecule has 0 radical (unpaired) electrons. The summed E-state index contributed by atoms with van der Waals surface area (Å²) in [7, 11) is 1.83. The smallest absolute Gasteiger partial charge is 0.117 e. The van der Waals surface area contributed by atoms with E-state index in [2.05, 4.69) is 5.10 Å². The van der Waals surface area contributed by atoms with Gasteiger partial charge in [-0.25, -0.2) is 0 Å². The summed E-state index contributed by atoms with van der Waals surface area (Å²) in [5.74, 6) is 0. The van der Waals surface area contributed by atoms with Crippen LogP contribution < -0.4 is 5.73 Å². The maximum Gasteiger partial charge on any atom is 0.117 e. The third kappa shape index (κ3) is 1.46. The summed E-state index contributed by atoms with van der Waals surface area (Å²) in [6.45, 7) is 0. The van der Waals surface area contributed by atoms with E-state index in [0.717, 1.165) is 11.3 Å². The van der Waals surface area contributed by atoms with Gasteiger partial charge in [0.05, 0.1) is 10.7 Å². The molecule has 0 aliphatic carbocycles. The lowest BCUT2D eigenvalue weighted by Gasteiger charge is -2.00. The Kier molecular flexibility index (Phi) is 2.17. The highest BCUT2D eigenvalue weighted by Crippen LogP contribution is 2.29. The minimum atomic E-state index is 0.639. The summed E-state index contributed by atoms with van der Waals surface area (Å²) in [6.07, 6.45) is 1.76. The van der Waals surface area contributed by atoms with E-state index in [1.165, 1.54) is 0 Å². The van der Waals surface area contributed by atoms with Crippen LogP contribution in [0.2, 0.25) is 5.02 Å². The van der Waals surface area contributed by atoms with Crippen LogP contribution in [0.25, 0.3) is 11.3 Å². The van der Waals surface area contributed by atoms with E-state index in [9.17, 15) is 0 Å². The molecular formula is C10H10ClN3. The van der Waals surface area contributed by atoms with Crippen LogP contribution in [0.3, 0.4) is 0 Å². The molecule has 72 valence electrons. The fourth-order valence-corrected chi connectivity index (χ4v) is 1.59. The molecule has 3 nitrogen and oxygen atoms in total. The van der Waals surface area contributed by atoms with Gasteiger partial charge in [-0.3, -0.25) is 4.68 Å². The highest BCUT2D eigenvalue weighted by Gasteiger charge is 2.09. The van der Waals surface area contributed by atoms with Crippen molar-refractivity contribution in [3.05, 3.63) is 35.5 Å². The molecular weight excluding hydrogens is 198 g/mol. The topological polar surface area (TPSA) is 43.8 Å². The summed E-state index contributed by atoms with van der Waals surface area (Å²) < 4.78 is 1.67. The summed E-state index contributed by atoms with van der Waals surface area (Å²) in [5.41, 5.74) is 8.04. The number of aryl methyl sites for hydroxylation is 1. The Morgan fingerprint density at radius 2 is 2.07 bits per heavy atom. The number of rotatable bonds is 1. The Hall–Kier alpha value is -1.48. The van der Waals surface area contributed by atoms with Crippen LogP contribution in [-0.2, 0) is 7.05 Å². The molecule has 2 N–H and O–H groups in total. The van der Waals surface area contributed by atoms with Crippen molar-refractivity contribution >= 4 is 17.3 Å². The Morgan fingerprint density at radius 1 is 1.36 bits per heavy atom. The lowest BCUT2D eigenvalue weighted by molar-refractivity contribution is 0.771. The third-order valence-corrected chi connectivity index (χ3v) is 2.32. The zero-order valence-electron chi connectivity index (χ0n) is 7.74. The van der Waals surface area contributed by atoms with Gasteiger partial charge < -0.3 is 5.73 Å². The first-order chi connectivity index (χ1) is 6.68. The van der Waals surface area contributed by atoms with Crippen molar-refractivity contribution in [3.8, 4) is 11.3 Å². The van der Waals surface area contributed by atoms with Gasteiger partial charge in [-0.15, -0.1) is 0 Å². The summed E-state index contributed by atoms with van der Waals surface area (Å²) >= 11 is 6.04. The molecule has 0 aliphatic rings. The van der Waals surface area contributed by atoms with E-state index in [1.54, 1.807) is 10.9 Å². The number of nitrogen functional groups attached to an aromatic ring is 1. The van der Waals surface area contributed by atoms with Gasteiger partial charge in [0.1, 0.15) is 5.69 Å². The average Bonchev–Trinajstić information content (AvgIpc) is 2.46. The summed E-state index contributed by atoms with van der Waals surface area (Å²) in [4.78, 5) is 0. The zero-order chi connectivity index (χ0) is 10.1. The second-order valence-corrected chi connectivity index (χ2v) is 3.49. The zero-order valence-corrected chi connectivity index (χ0v) is 8.49. The Bertz CT molecular complexity index is 462. The molecule has 0 saturated carbocycles. The molecule has 0 fully saturated rings. The van der Waals surface area contributed by atoms with Gasteiger partial charge in [0.2, 0.25) is 0 Å². The number of hydrogen-bond acceptors (Lipinski definition) is 2. The fraction of sp³-hybridized carbons (Fsp3) is 0.100. The highest BCUT2D eigenvalue weighted by atomic mass is 35.5. The number of aromatic nitrogens is 2. The summed E-state index contributed by atoms with van der Waals surface area (Å²) in [6, 6.07) is 7.52. The maximum absolute atomic E-state index is 6.04. The van der Waals surface area contributed by atoms with E-state index >= 15 is 0 Å². The first-order valence-electron chi connectivity index (χ1n) is 4.22. The van der Waals surface area contributed by atoms with Gasteiger partial charge in [-0.2, -0.15) is 5.10 Å². The van der Waals surface area contributed by atoms with Crippen LogP contribution in [0, 0.1) is 0 Å². The first kappa shape index (κ1) is 9.09. The van der Waals surface area contributed by atoms with Crippen LogP contribution in [0.15, 0.2) is 30.5 Å². The van der Waals surface area contributed by atoms with Crippen molar-refractivity contribution in [2.24, 2.45) is 7.05 Å². The normalized spacial score (nSPS) is 10.4. The number of anilines is 1. The molecule has 0 bridgehead atoms. The number of benzene rings is 1. The molecule has 0 atom stereocenters. The van der Waals surface area contributed by atoms with Crippen molar-refractivity contribution in [2.45, 2.75) is 0 Å². The van der Waals surface area contributed by atoms with Crippen molar-refractivity contribution in [1.29, 1.82) is 0 Å². The van der Waals surface area contributed by atoms with Crippen LogP contribution in [-0.4, -0.2) is 9.78 Å². The fourth-order valence-electron chi connectivity index (χ4n) is 1.37. The van der Waals surface area contributed by atoms with Crippen molar-refractivity contribution in [2.75, 3.05) is 5.73 Å². The second kappa shape index (κ2) is 3.35. The van der Waals surface area contributed by atoms with Gasteiger partial charge in [-0.1, -0.05) is 29.8 Å². The van der Waals surface area contributed by atoms with Crippen molar-refractivity contribution in [3.63, 3.8) is 0 Å². The van der Waals surface area contributed by atoms with Crippen LogP contribution in [0.5, 0.6) is 0 Å². The lowest BCUT2D eigenvalue weighted by atomic mass is 10.1. The van der Waals surface area contributed by atoms with Gasteiger partial charge in [0.15, 0.2) is 0 Å². The first-order valence-corrected chi connectivity index (χ1v) is 4.60. The molecule has 0 amide bonds. The molecule has 0 aliphatic heterocycles. The molecule has 0 spiro atoms. The molecule has 4 heteroatoms. The minimum Gasteiger partial charge on any atom is -0.396 e. The van der Waals surface area contributed by atoms with Gasteiger partial charge in [-0.05, 0) is 6.07 Å². The lowest BCUT2D eigenvalue weighted by Crippen LogP contribution is -1.88. The monoisotopic (exact) mass is 207 g/mol. The number of hydrogen-bond donors (Lipinski definition) is 1. The summed E-state index contributed by atoms with van der Waals surface area (Å²) in [5, 5.41) is 4.91. The Morgan fingerprint density at radius 3 is 2.64 bits per heavy atom. The molecule has 2 rings (SSSR count). The van der Waals surface area contributed by atoms with E-state index in [1.807, 2.05) is 31.3 Å². The van der Waals surface area contributed by atoms with Gasteiger partial charge >= 0.3 is 0 Å². The average molecular weight is 208 g/mol. The maximum atomic E-state index is 6.04. The molecule has 0 saturated heterocycles. The molecule has 1 aromatic carbocycles. The minimum absolute atomic E-state index is 0.639. The third-order valence-electron chi connectivity index (χ3n) is 1.99. The SMILES string of the molecule is Cn1cc(N)c(-c2ccccc2Cl)n1. The van der Waals surface area contributed by atoms with E-state index in [-0.39, 0.29) is 0 Å². The van der Waals surface area contributed by atoms with Crippen LogP contribution in [0.1, 0.15) is 0 Å². The van der Waals surface area contributed by atoms with Gasteiger partial charge in [0.25, 0.3) is 0 Å². The highest BCUT2D eigenvalue weighted by molar-refractivity contribution is 6.33. The van der Waals surface area contributed by atoms with Crippen LogP contribution in [0.4, 0.5) is 5.69 Å². The Labute approximate surface area is 87.1 Å². The van der Waals surface area contributed by atoms with E-state index in [4.69, 9.17) is 17.3 Å². The number of nitrogens with two attached hydrogens (primary N) is 1. The predicted octanol–water partition coefficient (Wildman–Crippen LogP) is 2.32. The van der Waals surface area contributed by atoms with Crippen molar-refractivity contribution in [1.82, 2.24) is 9.78 Å². The molecule has 1 aromatic heterocycles. The van der Waals surface area contributed by atoms with Gasteiger partial charge in [0, 0.05) is 18.8 Å². The second-order valence-electron chi connectivity index (χ2n) is 3.09. The molecule has 2 aromatic rings.